The van der Waals surface area contributed by atoms with Gasteiger partial charge in [0.2, 0.25) is 0 Å². The number of hydrogen-bond donors (Lipinski definition) is 1. The summed E-state index contributed by atoms with van der Waals surface area (Å²) in [5.74, 6) is 0.570. The summed E-state index contributed by atoms with van der Waals surface area (Å²) < 4.78 is 37.5. The Hall–Kier alpha value is -1.82. The smallest absolute Gasteiger partial charge is 0.340 e. The molecule has 0 aliphatic carbocycles. The highest BCUT2D eigenvalue weighted by Gasteiger charge is 2.30. The van der Waals surface area contributed by atoms with E-state index in [9.17, 15) is 13.2 Å². The fourth-order valence-corrected chi connectivity index (χ4v) is 2.22. The van der Waals surface area contributed by atoms with Gasteiger partial charge in [0.1, 0.15) is 17.3 Å². The number of nitrogens with one attached hydrogen (secondary N) is 1. The van der Waals surface area contributed by atoms with Gasteiger partial charge in [-0.2, -0.15) is 13.2 Å². The molecule has 7 heteroatoms. The molecule has 1 heterocycles. The Kier molecular flexibility index (Phi) is 4.37. The summed E-state index contributed by atoms with van der Waals surface area (Å²) in [5, 5.41) is 3.30. The average molecular weight is 316 g/mol. The van der Waals surface area contributed by atoms with Crippen molar-refractivity contribution in [1.29, 1.82) is 0 Å². The van der Waals surface area contributed by atoms with E-state index in [1.54, 1.807) is 0 Å². The lowest BCUT2D eigenvalue weighted by Crippen LogP contribution is -2.05. The standard InChI is InChI=1S/C14H13ClF3N3/c1-8(2)11-12(15)19-7-20-13(11)21-10-5-3-9(4-6-10)14(16,17)18/h3-8H,1-2H3,(H,19,20,21). The molecule has 1 aromatic carbocycles. The van der Waals surface area contributed by atoms with Crippen molar-refractivity contribution in [2.24, 2.45) is 0 Å². The minimum absolute atomic E-state index is 0.0793. The monoisotopic (exact) mass is 315 g/mol. The SMILES string of the molecule is CC(C)c1c(Cl)ncnc1Nc1ccc(C(F)(F)F)cc1. The van der Waals surface area contributed by atoms with Gasteiger partial charge in [-0.15, -0.1) is 0 Å². The lowest BCUT2D eigenvalue weighted by Gasteiger charge is -2.14. The average Bonchev–Trinajstić information content (AvgIpc) is 2.38. The molecule has 1 aromatic heterocycles. The van der Waals surface area contributed by atoms with Crippen LogP contribution in [0.15, 0.2) is 30.6 Å². The van der Waals surface area contributed by atoms with Crippen molar-refractivity contribution in [3.63, 3.8) is 0 Å². The van der Waals surface area contributed by atoms with Crippen LogP contribution in [-0.4, -0.2) is 9.97 Å². The predicted octanol–water partition coefficient (Wildman–Crippen LogP) is 5.02. The van der Waals surface area contributed by atoms with Crippen LogP contribution in [0.25, 0.3) is 0 Å². The Bertz CT molecular complexity index is 624. The van der Waals surface area contributed by atoms with Gasteiger partial charge in [-0.3, -0.25) is 0 Å². The zero-order chi connectivity index (χ0) is 15.6. The van der Waals surface area contributed by atoms with Crippen LogP contribution in [0.1, 0.15) is 30.9 Å². The van der Waals surface area contributed by atoms with E-state index >= 15 is 0 Å². The maximum atomic E-state index is 12.5. The number of hydrogen-bond acceptors (Lipinski definition) is 3. The van der Waals surface area contributed by atoms with Crippen LogP contribution in [0.2, 0.25) is 5.15 Å². The highest BCUT2D eigenvalue weighted by atomic mass is 35.5. The van der Waals surface area contributed by atoms with Crippen LogP contribution >= 0.6 is 11.6 Å². The minimum atomic E-state index is -4.35. The molecule has 0 spiro atoms. The molecule has 1 N–H and O–H groups in total. The topological polar surface area (TPSA) is 37.8 Å². The summed E-state index contributed by atoms with van der Waals surface area (Å²) in [6, 6.07) is 4.73. The lowest BCUT2D eigenvalue weighted by atomic mass is 10.1. The maximum Gasteiger partial charge on any atom is 0.416 e. The van der Waals surface area contributed by atoms with Gasteiger partial charge in [-0.1, -0.05) is 25.4 Å². The molecule has 0 aliphatic heterocycles. The predicted molar refractivity (Wildman–Crippen MR) is 75.9 cm³/mol. The van der Waals surface area contributed by atoms with Crippen molar-refractivity contribution in [2.45, 2.75) is 25.9 Å². The Labute approximate surface area is 125 Å². The summed E-state index contributed by atoms with van der Waals surface area (Å²) in [7, 11) is 0. The number of anilines is 2. The van der Waals surface area contributed by atoms with Crippen LogP contribution in [-0.2, 0) is 6.18 Å². The zero-order valence-corrected chi connectivity index (χ0v) is 12.1. The lowest BCUT2D eigenvalue weighted by molar-refractivity contribution is -0.137. The van der Waals surface area contributed by atoms with Gasteiger partial charge in [-0.05, 0) is 30.2 Å². The maximum absolute atomic E-state index is 12.5. The van der Waals surface area contributed by atoms with Gasteiger partial charge in [0.05, 0.1) is 5.56 Å². The summed E-state index contributed by atoms with van der Waals surface area (Å²) in [4.78, 5) is 8.01. The van der Waals surface area contributed by atoms with Crippen molar-refractivity contribution in [3.8, 4) is 0 Å². The zero-order valence-electron chi connectivity index (χ0n) is 11.4. The summed E-state index contributed by atoms with van der Waals surface area (Å²) in [6.07, 6.45) is -3.04. The summed E-state index contributed by atoms with van der Waals surface area (Å²) in [6.45, 7) is 3.87. The molecule has 0 aliphatic rings. The molecule has 2 aromatic rings. The molecule has 3 nitrogen and oxygen atoms in total. The number of aromatic nitrogens is 2. The Morgan fingerprint density at radius 1 is 1.10 bits per heavy atom. The van der Waals surface area contributed by atoms with E-state index in [2.05, 4.69) is 15.3 Å². The van der Waals surface area contributed by atoms with Crippen LogP contribution < -0.4 is 5.32 Å². The molecule has 0 radical (unpaired) electrons. The van der Waals surface area contributed by atoms with Crippen molar-refractivity contribution >= 4 is 23.1 Å². The highest BCUT2D eigenvalue weighted by molar-refractivity contribution is 6.30. The molecular formula is C14H13ClF3N3. The van der Waals surface area contributed by atoms with E-state index in [1.807, 2.05) is 13.8 Å². The van der Waals surface area contributed by atoms with Crippen molar-refractivity contribution in [3.05, 3.63) is 46.9 Å². The highest BCUT2D eigenvalue weighted by Crippen LogP contribution is 2.32. The first-order valence-electron chi connectivity index (χ1n) is 6.23. The molecule has 0 bridgehead atoms. The fourth-order valence-electron chi connectivity index (χ4n) is 1.86. The Balaban J connectivity index is 2.29. The van der Waals surface area contributed by atoms with E-state index in [4.69, 9.17) is 11.6 Å². The molecule has 2 rings (SSSR count). The molecule has 0 saturated heterocycles. The van der Waals surface area contributed by atoms with Gasteiger partial charge >= 0.3 is 6.18 Å². The minimum Gasteiger partial charge on any atom is -0.340 e. The second-order valence-corrected chi connectivity index (χ2v) is 5.14. The van der Waals surface area contributed by atoms with Crippen LogP contribution in [0.4, 0.5) is 24.7 Å². The number of benzene rings is 1. The van der Waals surface area contributed by atoms with E-state index < -0.39 is 11.7 Å². The van der Waals surface area contributed by atoms with Crippen LogP contribution in [0.5, 0.6) is 0 Å². The van der Waals surface area contributed by atoms with E-state index in [0.29, 0.717) is 16.7 Å². The molecule has 0 unspecified atom stereocenters. The van der Waals surface area contributed by atoms with Crippen molar-refractivity contribution in [2.75, 3.05) is 5.32 Å². The Morgan fingerprint density at radius 3 is 2.24 bits per heavy atom. The van der Waals surface area contributed by atoms with Crippen LogP contribution in [0.3, 0.4) is 0 Å². The quantitative estimate of drug-likeness (QED) is 0.808. The van der Waals surface area contributed by atoms with Crippen molar-refractivity contribution in [1.82, 2.24) is 9.97 Å². The first-order valence-corrected chi connectivity index (χ1v) is 6.61. The number of rotatable bonds is 3. The molecule has 21 heavy (non-hydrogen) atoms. The van der Waals surface area contributed by atoms with Crippen molar-refractivity contribution < 1.29 is 13.2 Å². The molecular weight excluding hydrogens is 303 g/mol. The fraction of sp³-hybridized carbons (Fsp3) is 0.286. The Morgan fingerprint density at radius 2 is 1.71 bits per heavy atom. The summed E-state index contributed by atoms with van der Waals surface area (Å²) >= 11 is 6.04. The first kappa shape index (κ1) is 15.6. The number of alkyl halides is 3. The molecule has 0 saturated carbocycles. The first-order chi connectivity index (χ1) is 9.79. The largest absolute Gasteiger partial charge is 0.416 e. The van der Waals surface area contributed by atoms with E-state index in [1.165, 1.54) is 18.5 Å². The van der Waals surface area contributed by atoms with Gasteiger partial charge < -0.3 is 5.32 Å². The third-order valence-electron chi connectivity index (χ3n) is 2.89. The molecule has 0 atom stereocenters. The normalized spacial score (nSPS) is 11.8. The second-order valence-electron chi connectivity index (χ2n) is 4.78. The van der Waals surface area contributed by atoms with Gasteiger partial charge in [0.25, 0.3) is 0 Å². The van der Waals surface area contributed by atoms with E-state index in [0.717, 1.165) is 17.7 Å². The summed E-state index contributed by atoms with van der Waals surface area (Å²) in [5.41, 5.74) is 0.525. The number of nitrogens with zero attached hydrogens (tertiary/aromatic N) is 2. The third kappa shape index (κ3) is 3.64. The number of halogens is 4. The van der Waals surface area contributed by atoms with Gasteiger partial charge in [-0.25, -0.2) is 9.97 Å². The second kappa shape index (κ2) is 5.89. The molecule has 0 fully saturated rings. The third-order valence-corrected chi connectivity index (χ3v) is 3.19. The van der Waals surface area contributed by atoms with Crippen LogP contribution in [0, 0.1) is 0 Å². The van der Waals surface area contributed by atoms with Gasteiger partial charge in [0.15, 0.2) is 0 Å². The van der Waals surface area contributed by atoms with E-state index in [-0.39, 0.29) is 5.92 Å². The van der Waals surface area contributed by atoms with Gasteiger partial charge in [0, 0.05) is 11.3 Å². The molecule has 112 valence electrons. The molecule has 0 amide bonds.